The summed E-state index contributed by atoms with van der Waals surface area (Å²) >= 11 is 6.29. The zero-order chi connectivity index (χ0) is 21.1. The highest BCUT2D eigenvalue weighted by Gasteiger charge is 2.23. The number of carbonyl (C=O) groups excluding carboxylic acids is 2. The van der Waals surface area contributed by atoms with Crippen LogP contribution in [0.2, 0.25) is 5.02 Å². The lowest BCUT2D eigenvalue weighted by Gasteiger charge is -2.19. The van der Waals surface area contributed by atoms with Gasteiger partial charge in [-0.25, -0.2) is 0 Å². The fourth-order valence-corrected chi connectivity index (χ4v) is 3.92. The molecular weight excluding hydrogens is 404 g/mol. The molecular formula is C23H23ClN2O4. The summed E-state index contributed by atoms with van der Waals surface area (Å²) < 4.78 is 11.3. The van der Waals surface area contributed by atoms with Gasteiger partial charge in [-0.15, -0.1) is 0 Å². The number of nitrogens with zero attached hydrogens (tertiary/aromatic N) is 1. The molecule has 0 aromatic heterocycles. The van der Waals surface area contributed by atoms with Crippen molar-refractivity contribution in [2.45, 2.75) is 26.2 Å². The van der Waals surface area contributed by atoms with Crippen LogP contribution in [0.5, 0.6) is 11.5 Å². The Balaban J connectivity index is 1.44. The zero-order valence-electron chi connectivity index (χ0n) is 16.7. The third kappa shape index (κ3) is 4.44. The number of anilines is 2. The number of ether oxygens (including phenoxy) is 2. The molecule has 6 nitrogen and oxygen atoms in total. The predicted molar refractivity (Wildman–Crippen MR) is 117 cm³/mol. The highest BCUT2D eigenvalue weighted by Crippen LogP contribution is 2.38. The molecule has 2 amide bonds. The van der Waals surface area contributed by atoms with Gasteiger partial charge in [-0.1, -0.05) is 11.6 Å². The van der Waals surface area contributed by atoms with Crippen LogP contribution in [0.1, 0.15) is 30.4 Å². The third-order valence-electron chi connectivity index (χ3n) is 5.08. The molecule has 1 saturated heterocycles. The number of amides is 2. The molecule has 0 aliphatic carbocycles. The first-order valence-electron chi connectivity index (χ1n) is 10.0. The molecule has 0 saturated carbocycles. The van der Waals surface area contributed by atoms with Crippen molar-refractivity contribution in [1.82, 2.24) is 0 Å². The van der Waals surface area contributed by atoms with Gasteiger partial charge in [-0.05, 0) is 60.9 Å². The number of hydrogen-bond donors (Lipinski definition) is 1. The maximum atomic E-state index is 12.4. The SMILES string of the molecule is Cc1cc(NC(=O)/C=C/c2cc(Cl)c3c(c2)OCCCO3)ccc1N1CCCC1=O. The standard InChI is InChI=1S/C23H23ClN2O4/c1-15-12-17(6-7-19(15)26-9-2-4-22(26)28)25-21(27)8-5-16-13-18(24)23-20(14-16)29-10-3-11-30-23/h5-8,12-14H,2-4,9-11H2,1H3,(H,25,27)/b8-5+. The number of rotatable bonds is 4. The van der Waals surface area contributed by atoms with Crippen LogP contribution < -0.4 is 19.7 Å². The summed E-state index contributed by atoms with van der Waals surface area (Å²) in [5.41, 5.74) is 3.27. The Kier molecular flexibility index (Phi) is 5.95. The predicted octanol–water partition coefficient (Wildman–Crippen LogP) is 4.59. The lowest BCUT2D eigenvalue weighted by Crippen LogP contribution is -2.24. The van der Waals surface area contributed by atoms with Gasteiger partial charge in [0, 0.05) is 36.8 Å². The summed E-state index contributed by atoms with van der Waals surface area (Å²) in [5, 5.41) is 3.31. The number of hydrogen-bond acceptors (Lipinski definition) is 4. The summed E-state index contributed by atoms with van der Waals surface area (Å²) in [4.78, 5) is 26.1. The minimum Gasteiger partial charge on any atom is -0.489 e. The molecule has 30 heavy (non-hydrogen) atoms. The second-order valence-electron chi connectivity index (χ2n) is 7.35. The summed E-state index contributed by atoms with van der Waals surface area (Å²) in [7, 11) is 0. The molecule has 0 atom stereocenters. The van der Waals surface area contributed by atoms with E-state index in [1.54, 1.807) is 17.0 Å². The summed E-state index contributed by atoms with van der Waals surface area (Å²) in [5.74, 6) is 1.01. The van der Waals surface area contributed by atoms with E-state index in [0.29, 0.717) is 41.8 Å². The van der Waals surface area contributed by atoms with Crippen LogP contribution in [-0.4, -0.2) is 31.6 Å². The summed E-state index contributed by atoms with van der Waals surface area (Å²) in [6.07, 6.45) is 5.39. The van der Waals surface area contributed by atoms with Gasteiger partial charge in [-0.2, -0.15) is 0 Å². The zero-order valence-corrected chi connectivity index (χ0v) is 17.5. The first-order chi connectivity index (χ1) is 14.5. The van der Waals surface area contributed by atoms with E-state index in [2.05, 4.69) is 5.32 Å². The molecule has 1 fully saturated rings. The second-order valence-corrected chi connectivity index (χ2v) is 7.76. The number of fused-ring (bicyclic) bond motifs is 1. The van der Waals surface area contributed by atoms with Crippen LogP contribution in [0, 0.1) is 6.92 Å². The normalized spacial score (nSPS) is 16.1. The smallest absolute Gasteiger partial charge is 0.248 e. The Bertz CT molecular complexity index is 1020. The van der Waals surface area contributed by atoms with Crippen molar-refractivity contribution in [3.8, 4) is 11.5 Å². The number of carbonyl (C=O) groups is 2. The minimum atomic E-state index is -0.261. The van der Waals surface area contributed by atoms with E-state index >= 15 is 0 Å². The van der Waals surface area contributed by atoms with Gasteiger partial charge in [0.1, 0.15) is 0 Å². The van der Waals surface area contributed by atoms with Crippen LogP contribution >= 0.6 is 11.6 Å². The van der Waals surface area contributed by atoms with E-state index in [9.17, 15) is 9.59 Å². The highest BCUT2D eigenvalue weighted by atomic mass is 35.5. The van der Waals surface area contributed by atoms with E-state index in [1.807, 2.05) is 31.2 Å². The number of aryl methyl sites for hydroxylation is 1. The lowest BCUT2D eigenvalue weighted by atomic mass is 10.1. The van der Waals surface area contributed by atoms with Crippen molar-refractivity contribution in [3.63, 3.8) is 0 Å². The Labute approximate surface area is 180 Å². The van der Waals surface area contributed by atoms with Crippen LogP contribution in [0.15, 0.2) is 36.4 Å². The first-order valence-corrected chi connectivity index (χ1v) is 10.4. The van der Waals surface area contributed by atoms with Crippen molar-refractivity contribution in [1.29, 1.82) is 0 Å². The fourth-order valence-electron chi connectivity index (χ4n) is 3.64. The van der Waals surface area contributed by atoms with Crippen molar-refractivity contribution in [2.75, 3.05) is 30.0 Å². The fraction of sp³-hybridized carbons (Fsp3) is 0.304. The topological polar surface area (TPSA) is 67.9 Å². The Hall–Kier alpha value is -2.99. The van der Waals surface area contributed by atoms with Crippen LogP contribution in [0.4, 0.5) is 11.4 Å². The van der Waals surface area contributed by atoms with E-state index in [-0.39, 0.29) is 11.8 Å². The molecule has 2 aromatic carbocycles. The maximum absolute atomic E-state index is 12.4. The molecule has 4 rings (SSSR count). The van der Waals surface area contributed by atoms with E-state index in [4.69, 9.17) is 21.1 Å². The lowest BCUT2D eigenvalue weighted by molar-refractivity contribution is -0.117. The highest BCUT2D eigenvalue weighted by molar-refractivity contribution is 6.32. The van der Waals surface area contributed by atoms with Crippen molar-refractivity contribution in [2.24, 2.45) is 0 Å². The van der Waals surface area contributed by atoms with Crippen molar-refractivity contribution in [3.05, 3.63) is 52.6 Å². The minimum absolute atomic E-state index is 0.145. The van der Waals surface area contributed by atoms with Gasteiger partial charge in [-0.3, -0.25) is 9.59 Å². The van der Waals surface area contributed by atoms with Crippen LogP contribution in [0.3, 0.4) is 0 Å². The Morgan fingerprint density at radius 1 is 1.17 bits per heavy atom. The van der Waals surface area contributed by atoms with Gasteiger partial charge in [0.15, 0.2) is 11.5 Å². The van der Waals surface area contributed by atoms with Crippen LogP contribution in [-0.2, 0) is 9.59 Å². The molecule has 2 aliphatic heterocycles. The van der Waals surface area contributed by atoms with Gasteiger partial charge >= 0.3 is 0 Å². The van der Waals surface area contributed by atoms with Gasteiger partial charge in [0.25, 0.3) is 0 Å². The second kappa shape index (κ2) is 8.79. The molecule has 7 heteroatoms. The number of nitrogens with one attached hydrogen (secondary N) is 1. The average molecular weight is 427 g/mol. The summed E-state index contributed by atoms with van der Waals surface area (Å²) in [6, 6.07) is 9.11. The van der Waals surface area contributed by atoms with Crippen molar-refractivity contribution < 1.29 is 19.1 Å². The third-order valence-corrected chi connectivity index (χ3v) is 5.36. The van der Waals surface area contributed by atoms with E-state index < -0.39 is 0 Å². The van der Waals surface area contributed by atoms with Gasteiger partial charge < -0.3 is 19.7 Å². The number of benzene rings is 2. The first kappa shape index (κ1) is 20.3. The molecule has 0 unspecified atom stereocenters. The Morgan fingerprint density at radius 2 is 2.00 bits per heavy atom. The summed E-state index contributed by atoms with van der Waals surface area (Å²) in [6.45, 7) is 3.81. The number of halogens is 1. The monoisotopic (exact) mass is 426 g/mol. The molecule has 0 radical (unpaired) electrons. The molecule has 0 spiro atoms. The largest absolute Gasteiger partial charge is 0.489 e. The molecule has 2 aromatic rings. The van der Waals surface area contributed by atoms with Crippen LogP contribution in [0.25, 0.3) is 6.08 Å². The Morgan fingerprint density at radius 3 is 2.77 bits per heavy atom. The molecule has 2 heterocycles. The quantitative estimate of drug-likeness (QED) is 0.726. The maximum Gasteiger partial charge on any atom is 0.248 e. The van der Waals surface area contributed by atoms with E-state index in [1.165, 1.54) is 6.08 Å². The van der Waals surface area contributed by atoms with Crippen molar-refractivity contribution >= 4 is 40.9 Å². The molecule has 2 aliphatic rings. The molecule has 1 N–H and O–H groups in total. The molecule has 0 bridgehead atoms. The van der Waals surface area contributed by atoms with Gasteiger partial charge in [0.2, 0.25) is 11.8 Å². The average Bonchev–Trinajstić information content (AvgIpc) is 2.98. The van der Waals surface area contributed by atoms with E-state index in [0.717, 1.165) is 36.2 Å². The van der Waals surface area contributed by atoms with Gasteiger partial charge in [0.05, 0.1) is 18.2 Å². The molecule has 156 valence electrons.